The molecule has 0 aliphatic rings. The molecule has 110 valence electrons. The Labute approximate surface area is 118 Å². The van der Waals surface area contributed by atoms with Gasteiger partial charge in [0.25, 0.3) is 0 Å². The maximum absolute atomic E-state index is 12.4. The van der Waals surface area contributed by atoms with Gasteiger partial charge in [-0.05, 0) is 25.1 Å². The number of rotatable bonds is 4. The Balaban J connectivity index is 3.02. The van der Waals surface area contributed by atoms with E-state index in [-0.39, 0.29) is 18.1 Å². The van der Waals surface area contributed by atoms with E-state index in [9.17, 15) is 13.2 Å². The van der Waals surface area contributed by atoms with Crippen molar-refractivity contribution < 1.29 is 13.2 Å². The molecule has 0 aliphatic heterocycles. The monoisotopic (exact) mass is 307 g/mol. The van der Waals surface area contributed by atoms with Gasteiger partial charge in [0.2, 0.25) is 5.84 Å². The van der Waals surface area contributed by atoms with Crippen LogP contribution in [-0.2, 0) is 0 Å². The summed E-state index contributed by atoms with van der Waals surface area (Å²) in [6.45, 7) is 0.300. The summed E-state index contributed by atoms with van der Waals surface area (Å²) in [4.78, 5) is 11.1. The summed E-state index contributed by atoms with van der Waals surface area (Å²) in [6, 6.07) is 2.98. The van der Waals surface area contributed by atoms with Crippen molar-refractivity contribution in [3.63, 3.8) is 0 Å². The number of hydrogen-bond acceptors (Lipinski definition) is 3. The quantitative estimate of drug-likeness (QED) is 0.661. The number of pyridine rings is 1. The van der Waals surface area contributed by atoms with Crippen molar-refractivity contribution in [2.75, 3.05) is 6.54 Å². The van der Waals surface area contributed by atoms with Gasteiger partial charge in [-0.3, -0.25) is 0 Å². The van der Waals surface area contributed by atoms with Crippen molar-refractivity contribution >= 4 is 29.1 Å². The zero-order valence-electron chi connectivity index (χ0n) is 10.4. The SMILES string of the molecule is NCCCC(=Nc1ccc(Cl)cn1)N=C(N)C(F)(F)F. The zero-order valence-corrected chi connectivity index (χ0v) is 11.1. The predicted molar refractivity (Wildman–Crippen MR) is 72.3 cm³/mol. The van der Waals surface area contributed by atoms with Crippen molar-refractivity contribution in [2.24, 2.45) is 21.5 Å². The molecule has 0 fully saturated rings. The van der Waals surface area contributed by atoms with Crippen LogP contribution in [0.15, 0.2) is 28.3 Å². The van der Waals surface area contributed by atoms with Crippen LogP contribution in [0, 0.1) is 0 Å². The molecule has 0 radical (unpaired) electrons. The Hall–Kier alpha value is -1.67. The summed E-state index contributed by atoms with van der Waals surface area (Å²) < 4.78 is 37.1. The van der Waals surface area contributed by atoms with Gasteiger partial charge < -0.3 is 11.5 Å². The number of aromatic nitrogens is 1. The maximum atomic E-state index is 12.4. The molecule has 0 spiro atoms. The van der Waals surface area contributed by atoms with Crippen LogP contribution < -0.4 is 11.5 Å². The minimum Gasteiger partial charge on any atom is -0.380 e. The normalized spacial score (nSPS) is 13.7. The summed E-state index contributed by atoms with van der Waals surface area (Å²) in [5.74, 6) is -1.34. The first kappa shape index (κ1) is 16.4. The molecule has 4 N–H and O–H groups in total. The molecule has 1 rings (SSSR count). The van der Waals surface area contributed by atoms with Crippen molar-refractivity contribution in [2.45, 2.75) is 19.0 Å². The van der Waals surface area contributed by atoms with Crippen molar-refractivity contribution in [3.8, 4) is 0 Å². The topological polar surface area (TPSA) is 89.6 Å². The highest BCUT2D eigenvalue weighted by molar-refractivity contribution is 6.30. The Kier molecular flexibility index (Phi) is 5.90. The van der Waals surface area contributed by atoms with Crippen LogP contribution in [0.1, 0.15) is 12.8 Å². The minimum absolute atomic E-state index is 0.0832. The summed E-state index contributed by atoms with van der Waals surface area (Å²) in [5, 5.41) is 0.394. The Morgan fingerprint density at radius 1 is 1.35 bits per heavy atom. The lowest BCUT2D eigenvalue weighted by Crippen LogP contribution is -2.32. The largest absolute Gasteiger partial charge is 0.449 e. The van der Waals surface area contributed by atoms with E-state index in [0.717, 1.165) is 0 Å². The number of aliphatic imine (C=N–C) groups is 2. The van der Waals surface area contributed by atoms with Crippen LogP contribution in [0.25, 0.3) is 0 Å². The molecule has 0 aliphatic carbocycles. The Bertz CT molecular complexity index is 496. The van der Waals surface area contributed by atoms with Crippen molar-refractivity contribution in [1.82, 2.24) is 4.98 Å². The van der Waals surface area contributed by atoms with Gasteiger partial charge in [0.05, 0.1) is 5.02 Å². The van der Waals surface area contributed by atoms with E-state index in [0.29, 0.717) is 18.0 Å². The van der Waals surface area contributed by atoms with E-state index in [1.54, 1.807) is 0 Å². The van der Waals surface area contributed by atoms with Gasteiger partial charge in [0.15, 0.2) is 5.82 Å². The van der Waals surface area contributed by atoms with Gasteiger partial charge in [-0.15, -0.1) is 0 Å². The molecule has 1 heterocycles. The second-order valence-electron chi connectivity index (χ2n) is 3.75. The lowest BCUT2D eigenvalue weighted by molar-refractivity contribution is -0.0597. The van der Waals surface area contributed by atoms with E-state index in [1.807, 2.05) is 0 Å². The summed E-state index contributed by atoms with van der Waals surface area (Å²) >= 11 is 5.65. The zero-order chi connectivity index (χ0) is 15.2. The van der Waals surface area contributed by atoms with Crippen LogP contribution in [0.5, 0.6) is 0 Å². The molecule has 1 aromatic rings. The van der Waals surface area contributed by atoms with Crippen LogP contribution >= 0.6 is 11.6 Å². The van der Waals surface area contributed by atoms with Crippen LogP contribution in [0.3, 0.4) is 0 Å². The molecule has 9 heteroatoms. The second kappa shape index (κ2) is 7.20. The Morgan fingerprint density at radius 3 is 2.55 bits per heavy atom. The molecule has 20 heavy (non-hydrogen) atoms. The number of halogens is 4. The first-order valence-electron chi connectivity index (χ1n) is 5.63. The van der Waals surface area contributed by atoms with Crippen molar-refractivity contribution in [1.29, 1.82) is 0 Å². The molecule has 5 nitrogen and oxygen atoms in total. The first-order valence-corrected chi connectivity index (χ1v) is 6.01. The van der Waals surface area contributed by atoms with Gasteiger partial charge in [-0.1, -0.05) is 11.6 Å². The third kappa shape index (κ3) is 5.54. The third-order valence-corrected chi connectivity index (χ3v) is 2.32. The molecule has 1 aromatic heterocycles. The molecule has 0 bridgehead atoms. The molecule has 0 amide bonds. The molecule has 0 unspecified atom stereocenters. The van der Waals surface area contributed by atoms with Gasteiger partial charge in [-0.25, -0.2) is 15.0 Å². The summed E-state index contributed by atoms with van der Waals surface area (Å²) in [6.07, 6.45) is -2.77. The standard InChI is InChI=1S/C11H13ClF3N5/c12-7-3-4-8(18-6-7)19-9(2-1-5-16)20-10(17)11(13,14)15/h3-4,6H,1-2,5,16H2,(H2,17,18,19,20). The number of amidine groups is 2. The van der Waals surface area contributed by atoms with E-state index in [4.69, 9.17) is 23.1 Å². The fourth-order valence-corrected chi connectivity index (χ4v) is 1.28. The van der Waals surface area contributed by atoms with Crippen LogP contribution in [-0.4, -0.2) is 29.4 Å². The number of hydrogen-bond donors (Lipinski definition) is 2. The van der Waals surface area contributed by atoms with E-state index >= 15 is 0 Å². The molecule has 0 saturated carbocycles. The average Bonchev–Trinajstić information content (AvgIpc) is 2.37. The van der Waals surface area contributed by atoms with Gasteiger partial charge in [0, 0.05) is 12.6 Å². The molecule has 0 atom stereocenters. The third-order valence-electron chi connectivity index (χ3n) is 2.10. The average molecular weight is 308 g/mol. The lowest BCUT2D eigenvalue weighted by atomic mass is 10.3. The highest BCUT2D eigenvalue weighted by Gasteiger charge is 2.33. The predicted octanol–water partition coefficient (Wildman–Crippen LogP) is 2.42. The molecular formula is C11H13ClF3N5. The summed E-state index contributed by atoms with van der Waals surface area (Å²) in [7, 11) is 0. The van der Waals surface area contributed by atoms with Crippen LogP contribution in [0.2, 0.25) is 5.02 Å². The maximum Gasteiger partial charge on any atom is 0.449 e. The molecule has 0 aromatic carbocycles. The minimum atomic E-state index is -4.70. The van der Waals surface area contributed by atoms with E-state index in [2.05, 4.69) is 15.0 Å². The number of nitrogens with two attached hydrogens (primary N) is 2. The number of nitrogens with zero attached hydrogens (tertiary/aromatic N) is 3. The van der Waals surface area contributed by atoms with Gasteiger partial charge in [0.1, 0.15) is 5.84 Å². The second-order valence-corrected chi connectivity index (χ2v) is 4.19. The highest BCUT2D eigenvalue weighted by Crippen LogP contribution is 2.17. The molecule has 0 saturated heterocycles. The fourth-order valence-electron chi connectivity index (χ4n) is 1.17. The van der Waals surface area contributed by atoms with Gasteiger partial charge >= 0.3 is 6.18 Å². The molecular weight excluding hydrogens is 295 g/mol. The summed E-state index contributed by atoms with van der Waals surface area (Å²) in [5.41, 5.74) is 10.2. The van der Waals surface area contributed by atoms with Gasteiger partial charge in [-0.2, -0.15) is 13.2 Å². The fraction of sp³-hybridized carbons (Fsp3) is 0.364. The Morgan fingerprint density at radius 2 is 2.05 bits per heavy atom. The van der Waals surface area contributed by atoms with Crippen molar-refractivity contribution in [3.05, 3.63) is 23.4 Å². The number of alkyl halides is 3. The van der Waals surface area contributed by atoms with E-state index in [1.165, 1.54) is 18.3 Å². The lowest BCUT2D eigenvalue weighted by Gasteiger charge is -2.06. The van der Waals surface area contributed by atoms with E-state index < -0.39 is 12.0 Å². The highest BCUT2D eigenvalue weighted by atomic mass is 35.5. The first-order chi connectivity index (χ1) is 9.32. The van der Waals surface area contributed by atoms with Crippen LogP contribution in [0.4, 0.5) is 19.0 Å². The smallest absolute Gasteiger partial charge is 0.380 e.